The molecule has 3 saturated carbocycles. The molecule has 0 aromatic carbocycles. The van der Waals surface area contributed by atoms with Crippen molar-refractivity contribution in [3.05, 3.63) is 17.6 Å². The van der Waals surface area contributed by atoms with Gasteiger partial charge in [-0.05, 0) is 44.9 Å². The molecule has 3 aliphatic carbocycles. The normalized spacial score (nSPS) is 30.6. The van der Waals surface area contributed by atoms with Crippen LogP contribution in [0.2, 0.25) is 0 Å². The van der Waals surface area contributed by atoms with E-state index in [1.807, 2.05) is 0 Å². The third-order valence-corrected chi connectivity index (χ3v) is 4.76. The van der Waals surface area contributed by atoms with Gasteiger partial charge in [0.1, 0.15) is 11.6 Å². The number of nitrogens with zero attached hydrogens (tertiary/aromatic N) is 2. The van der Waals surface area contributed by atoms with Gasteiger partial charge in [-0.15, -0.1) is 0 Å². The van der Waals surface area contributed by atoms with E-state index in [4.69, 9.17) is 15.7 Å². The van der Waals surface area contributed by atoms with Crippen LogP contribution >= 0.6 is 0 Å². The van der Waals surface area contributed by atoms with Crippen LogP contribution in [0.3, 0.4) is 0 Å². The lowest BCUT2D eigenvalue weighted by atomic mass is 9.78. The zero-order chi connectivity index (χ0) is 12.8. The summed E-state index contributed by atoms with van der Waals surface area (Å²) >= 11 is 0. The van der Waals surface area contributed by atoms with Crippen molar-refractivity contribution in [3.63, 3.8) is 0 Å². The quantitative estimate of drug-likeness (QED) is 0.871. The Balaban J connectivity index is 1.57. The first kappa shape index (κ1) is 11.6. The molecule has 3 fully saturated rings. The van der Waals surface area contributed by atoms with Crippen molar-refractivity contribution in [2.24, 2.45) is 5.73 Å². The van der Waals surface area contributed by atoms with E-state index < -0.39 is 0 Å². The Kier molecular flexibility index (Phi) is 2.72. The molecule has 1 aromatic heterocycles. The van der Waals surface area contributed by atoms with Crippen LogP contribution in [0.4, 0.5) is 5.82 Å². The van der Waals surface area contributed by atoms with E-state index in [2.05, 4.69) is 11.4 Å². The number of rotatable bonds is 4. The second-order valence-electron chi connectivity index (χ2n) is 6.51. The monoisotopic (exact) mass is 258 g/mol. The number of hydrogen-bond acceptors (Lipinski definition) is 4. The molecule has 0 radical (unpaired) electrons. The van der Waals surface area contributed by atoms with Crippen molar-refractivity contribution >= 4 is 5.82 Å². The van der Waals surface area contributed by atoms with Crippen molar-refractivity contribution in [1.82, 2.24) is 9.97 Å². The lowest BCUT2D eigenvalue weighted by Crippen LogP contribution is -2.35. The molecular formula is C15H22N4. The zero-order valence-electron chi connectivity index (χ0n) is 11.3. The van der Waals surface area contributed by atoms with Crippen LogP contribution in [-0.4, -0.2) is 22.1 Å². The van der Waals surface area contributed by atoms with Crippen LogP contribution in [-0.2, 0) is 0 Å². The van der Waals surface area contributed by atoms with Gasteiger partial charge in [-0.3, -0.25) is 0 Å². The lowest BCUT2D eigenvalue weighted by molar-refractivity contribution is 0.344. The van der Waals surface area contributed by atoms with E-state index in [1.165, 1.54) is 37.8 Å². The van der Waals surface area contributed by atoms with Crippen LogP contribution in [0.25, 0.3) is 0 Å². The van der Waals surface area contributed by atoms with Crippen molar-refractivity contribution in [2.45, 2.75) is 68.9 Å². The van der Waals surface area contributed by atoms with Crippen molar-refractivity contribution in [3.8, 4) is 0 Å². The minimum absolute atomic E-state index is 0.382. The highest BCUT2D eigenvalue weighted by molar-refractivity contribution is 5.40. The smallest absolute Gasteiger partial charge is 0.134 e. The van der Waals surface area contributed by atoms with Crippen LogP contribution < -0.4 is 11.1 Å². The molecule has 19 heavy (non-hydrogen) atoms. The van der Waals surface area contributed by atoms with Crippen molar-refractivity contribution in [1.29, 1.82) is 0 Å². The third kappa shape index (κ3) is 2.34. The van der Waals surface area contributed by atoms with Crippen LogP contribution in [0.1, 0.15) is 68.3 Å². The van der Waals surface area contributed by atoms with Gasteiger partial charge < -0.3 is 11.1 Å². The highest BCUT2D eigenvalue weighted by Gasteiger charge is 2.32. The van der Waals surface area contributed by atoms with Gasteiger partial charge >= 0.3 is 0 Å². The highest BCUT2D eigenvalue weighted by atomic mass is 15.1. The van der Waals surface area contributed by atoms with Gasteiger partial charge in [0, 0.05) is 35.7 Å². The van der Waals surface area contributed by atoms with E-state index in [-0.39, 0.29) is 0 Å². The molecule has 3 aliphatic rings. The predicted molar refractivity (Wildman–Crippen MR) is 75.2 cm³/mol. The van der Waals surface area contributed by atoms with Gasteiger partial charge in [0.05, 0.1) is 0 Å². The Morgan fingerprint density at radius 2 is 1.84 bits per heavy atom. The number of aromatic nitrogens is 2. The summed E-state index contributed by atoms with van der Waals surface area (Å²) in [5, 5.41) is 3.57. The minimum Gasteiger partial charge on any atom is -0.367 e. The Labute approximate surface area is 114 Å². The molecule has 1 aromatic rings. The van der Waals surface area contributed by atoms with Gasteiger partial charge in [-0.2, -0.15) is 0 Å². The average molecular weight is 258 g/mol. The number of hydrogen-bond donors (Lipinski definition) is 2. The summed E-state index contributed by atoms with van der Waals surface area (Å²) < 4.78 is 0. The average Bonchev–Trinajstić information content (AvgIpc) is 3.13. The Morgan fingerprint density at radius 3 is 2.42 bits per heavy atom. The van der Waals surface area contributed by atoms with Crippen LogP contribution in [0, 0.1) is 0 Å². The van der Waals surface area contributed by atoms with E-state index in [0.29, 0.717) is 23.9 Å². The molecular weight excluding hydrogens is 236 g/mol. The largest absolute Gasteiger partial charge is 0.367 e. The van der Waals surface area contributed by atoms with Gasteiger partial charge in [0.2, 0.25) is 0 Å². The molecule has 0 saturated heterocycles. The van der Waals surface area contributed by atoms with E-state index in [0.717, 1.165) is 24.5 Å². The van der Waals surface area contributed by atoms with E-state index in [9.17, 15) is 0 Å². The third-order valence-electron chi connectivity index (χ3n) is 4.76. The topological polar surface area (TPSA) is 63.8 Å². The highest BCUT2D eigenvalue weighted by Crippen LogP contribution is 2.41. The SMILES string of the molecule is NC1CC(c2cc(NC3CCC3)nc(C3CC3)n2)C1. The van der Waals surface area contributed by atoms with Gasteiger partial charge in [-0.25, -0.2) is 9.97 Å². The fourth-order valence-corrected chi connectivity index (χ4v) is 2.96. The number of anilines is 1. The summed E-state index contributed by atoms with van der Waals surface area (Å²) in [5.41, 5.74) is 7.13. The maximum absolute atomic E-state index is 5.91. The first-order chi connectivity index (χ1) is 9.28. The summed E-state index contributed by atoms with van der Waals surface area (Å²) in [5.74, 6) is 3.31. The molecule has 0 spiro atoms. The van der Waals surface area contributed by atoms with Gasteiger partial charge in [0.25, 0.3) is 0 Å². The molecule has 0 bridgehead atoms. The predicted octanol–water partition coefficient (Wildman–Crippen LogP) is 2.52. The first-order valence-electron chi connectivity index (χ1n) is 7.69. The number of nitrogens with one attached hydrogen (secondary N) is 1. The zero-order valence-corrected chi connectivity index (χ0v) is 11.3. The van der Waals surface area contributed by atoms with Gasteiger partial charge in [-0.1, -0.05) is 0 Å². The molecule has 1 heterocycles. The molecule has 0 amide bonds. The summed E-state index contributed by atoms with van der Waals surface area (Å²) in [6.07, 6.45) is 8.61. The molecule has 4 rings (SSSR count). The van der Waals surface area contributed by atoms with E-state index >= 15 is 0 Å². The second-order valence-corrected chi connectivity index (χ2v) is 6.51. The Morgan fingerprint density at radius 1 is 1.05 bits per heavy atom. The first-order valence-corrected chi connectivity index (χ1v) is 7.69. The Hall–Kier alpha value is -1.16. The van der Waals surface area contributed by atoms with Crippen LogP contribution in [0.15, 0.2) is 6.07 Å². The fraction of sp³-hybridized carbons (Fsp3) is 0.733. The van der Waals surface area contributed by atoms with Gasteiger partial charge in [0.15, 0.2) is 0 Å². The molecule has 4 nitrogen and oxygen atoms in total. The summed E-state index contributed by atoms with van der Waals surface area (Å²) in [4.78, 5) is 9.52. The Bertz CT molecular complexity index is 473. The molecule has 0 aliphatic heterocycles. The second kappa shape index (κ2) is 4.44. The summed E-state index contributed by atoms with van der Waals surface area (Å²) in [6, 6.07) is 3.19. The molecule has 102 valence electrons. The van der Waals surface area contributed by atoms with Crippen LogP contribution in [0.5, 0.6) is 0 Å². The van der Waals surface area contributed by atoms with Crippen molar-refractivity contribution < 1.29 is 0 Å². The molecule has 0 unspecified atom stereocenters. The maximum atomic E-state index is 5.91. The van der Waals surface area contributed by atoms with E-state index in [1.54, 1.807) is 0 Å². The fourth-order valence-electron chi connectivity index (χ4n) is 2.96. The molecule has 0 atom stereocenters. The summed E-state index contributed by atoms with van der Waals surface area (Å²) in [7, 11) is 0. The molecule has 4 heteroatoms. The van der Waals surface area contributed by atoms with Crippen molar-refractivity contribution in [2.75, 3.05) is 5.32 Å². The summed E-state index contributed by atoms with van der Waals surface area (Å²) in [6.45, 7) is 0. The molecule has 3 N–H and O–H groups in total. The number of nitrogens with two attached hydrogens (primary N) is 1. The standard InChI is InChI=1S/C15H22N4/c16-11-6-10(7-11)13-8-14(17-12-2-1-3-12)19-15(18-13)9-4-5-9/h8-12H,1-7,16H2,(H,17,18,19). The minimum atomic E-state index is 0.382. The lowest BCUT2D eigenvalue weighted by Gasteiger charge is -2.33. The maximum Gasteiger partial charge on any atom is 0.134 e.